The van der Waals surface area contributed by atoms with Crippen molar-refractivity contribution in [3.63, 3.8) is 0 Å². The van der Waals surface area contributed by atoms with Crippen LogP contribution in [0.5, 0.6) is 0 Å². The van der Waals surface area contributed by atoms with Crippen molar-refractivity contribution in [3.8, 4) is 0 Å². The molecule has 4 aliphatic rings. The Hall–Kier alpha value is -1.93. The molecule has 4 saturated heterocycles. The number of piperidine rings is 3. The van der Waals surface area contributed by atoms with Crippen LogP contribution in [-0.4, -0.2) is 81.1 Å². The summed E-state index contributed by atoms with van der Waals surface area (Å²) < 4.78 is 5.37. The summed E-state index contributed by atoms with van der Waals surface area (Å²) in [6, 6.07) is -0.353. The smallest absolute Gasteiger partial charge is 0.246 e. The fraction of sp³-hybridized carbons (Fsp3) is 0.783. The number of aryl methyl sites for hydroxylation is 2. The molecular weight excluding hydrogens is 396 g/mol. The molecule has 1 N–H and O–H groups in total. The van der Waals surface area contributed by atoms with Gasteiger partial charge in [0.15, 0.2) is 0 Å². The van der Waals surface area contributed by atoms with Crippen molar-refractivity contribution in [3.05, 3.63) is 17.0 Å². The lowest BCUT2D eigenvalue weighted by Gasteiger charge is -2.56. The highest BCUT2D eigenvalue weighted by atomic mass is 16.5. The molecule has 8 heteroatoms. The zero-order chi connectivity index (χ0) is 21.7. The number of carbonyl (C=O) groups excluding carboxylic acids is 2. The Labute approximate surface area is 183 Å². The fourth-order valence-electron chi connectivity index (χ4n) is 6.64. The fourth-order valence-corrected chi connectivity index (χ4v) is 6.64. The predicted octanol–water partition coefficient (Wildman–Crippen LogP) is 1.48. The highest BCUT2D eigenvalue weighted by Crippen LogP contribution is 2.43. The summed E-state index contributed by atoms with van der Waals surface area (Å²) >= 11 is 0. The van der Waals surface area contributed by atoms with Gasteiger partial charge in [-0.1, -0.05) is 5.16 Å². The van der Waals surface area contributed by atoms with E-state index in [1.807, 2.05) is 23.6 Å². The maximum Gasteiger partial charge on any atom is 0.246 e. The first-order valence-corrected chi connectivity index (χ1v) is 11.8. The Morgan fingerprint density at radius 1 is 1.19 bits per heavy atom. The number of hydrogen-bond acceptors (Lipinski definition) is 6. The second-order valence-corrected chi connectivity index (χ2v) is 9.97. The molecule has 0 saturated carbocycles. The average molecular weight is 431 g/mol. The van der Waals surface area contributed by atoms with Crippen molar-refractivity contribution in [1.82, 2.24) is 19.9 Å². The number of nitrogens with zero attached hydrogens (tertiary/aromatic N) is 4. The van der Waals surface area contributed by atoms with Crippen molar-refractivity contribution < 1.29 is 19.2 Å². The summed E-state index contributed by atoms with van der Waals surface area (Å²) in [5, 5.41) is 13.9. The summed E-state index contributed by atoms with van der Waals surface area (Å²) in [5.41, 5.74) is 2.07. The summed E-state index contributed by atoms with van der Waals surface area (Å²) in [6.45, 7) is 7.14. The number of aliphatic hydroxyl groups is 1. The SMILES string of the molecule is Cc1noc(C)c1CN1C[C@@H]2C[C@H](C1)[C@H](C(=O)N1CCC[C@H]1CO)N1C(=O)CCC[C@@H]21. The minimum absolute atomic E-state index is 0.00128. The normalized spacial score (nSPS) is 33.6. The van der Waals surface area contributed by atoms with E-state index in [1.54, 1.807) is 0 Å². The van der Waals surface area contributed by atoms with E-state index in [9.17, 15) is 14.7 Å². The lowest BCUT2D eigenvalue weighted by atomic mass is 9.71. The highest BCUT2D eigenvalue weighted by molar-refractivity contribution is 5.89. The molecule has 2 amide bonds. The van der Waals surface area contributed by atoms with Gasteiger partial charge in [-0.05, 0) is 51.9 Å². The average Bonchev–Trinajstić information content (AvgIpc) is 3.36. The molecule has 8 nitrogen and oxygen atoms in total. The molecular formula is C23H34N4O4. The number of aliphatic hydroxyl groups excluding tert-OH is 1. The molecule has 0 aliphatic carbocycles. The van der Waals surface area contributed by atoms with Crippen molar-refractivity contribution in [2.75, 3.05) is 26.2 Å². The molecule has 5 atom stereocenters. The summed E-state index contributed by atoms with van der Waals surface area (Å²) in [5.74, 6) is 1.59. The lowest BCUT2D eigenvalue weighted by Crippen LogP contribution is -2.68. The van der Waals surface area contributed by atoms with Gasteiger partial charge in [0.1, 0.15) is 11.8 Å². The van der Waals surface area contributed by atoms with Crippen LogP contribution >= 0.6 is 0 Å². The molecule has 4 fully saturated rings. The van der Waals surface area contributed by atoms with Crippen LogP contribution in [0, 0.1) is 25.7 Å². The highest BCUT2D eigenvalue weighted by Gasteiger charge is 2.53. The van der Waals surface area contributed by atoms with E-state index < -0.39 is 6.04 Å². The maximum atomic E-state index is 13.8. The Morgan fingerprint density at radius 2 is 2.00 bits per heavy atom. The molecule has 5 rings (SSSR count). The van der Waals surface area contributed by atoms with Gasteiger partial charge in [0, 0.05) is 50.1 Å². The van der Waals surface area contributed by atoms with Gasteiger partial charge in [-0.25, -0.2) is 0 Å². The first-order valence-electron chi connectivity index (χ1n) is 11.8. The third-order valence-electron chi connectivity index (χ3n) is 8.10. The number of hydrogen-bond donors (Lipinski definition) is 1. The molecule has 1 aromatic heterocycles. The number of fused-ring (bicyclic) bond motifs is 4. The number of likely N-dealkylation sites (tertiary alicyclic amines) is 2. The summed E-state index contributed by atoms with van der Waals surface area (Å²) in [4.78, 5) is 33.1. The third kappa shape index (κ3) is 3.57. The van der Waals surface area contributed by atoms with Crippen molar-refractivity contribution >= 4 is 11.8 Å². The van der Waals surface area contributed by atoms with E-state index in [2.05, 4.69) is 10.1 Å². The maximum absolute atomic E-state index is 13.8. The molecule has 2 bridgehead atoms. The Balaban J connectivity index is 1.43. The van der Waals surface area contributed by atoms with Crippen LogP contribution < -0.4 is 0 Å². The van der Waals surface area contributed by atoms with Crippen LogP contribution in [0.2, 0.25) is 0 Å². The van der Waals surface area contributed by atoms with Crippen LogP contribution in [0.15, 0.2) is 4.52 Å². The summed E-state index contributed by atoms with van der Waals surface area (Å²) in [7, 11) is 0. The first-order chi connectivity index (χ1) is 15.0. The van der Waals surface area contributed by atoms with Gasteiger partial charge in [0.05, 0.1) is 18.3 Å². The van der Waals surface area contributed by atoms with E-state index in [0.717, 1.165) is 68.8 Å². The van der Waals surface area contributed by atoms with E-state index in [1.165, 1.54) is 0 Å². The molecule has 0 radical (unpaired) electrons. The summed E-state index contributed by atoms with van der Waals surface area (Å²) in [6.07, 6.45) is 5.21. The molecule has 1 aromatic rings. The van der Waals surface area contributed by atoms with Crippen LogP contribution in [0.25, 0.3) is 0 Å². The monoisotopic (exact) mass is 430 g/mol. The van der Waals surface area contributed by atoms with E-state index in [4.69, 9.17) is 4.52 Å². The zero-order valence-corrected chi connectivity index (χ0v) is 18.6. The number of carbonyl (C=O) groups is 2. The molecule has 0 unspecified atom stereocenters. The van der Waals surface area contributed by atoms with Crippen LogP contribution in [-0.2, 0) is 16.1 Å². The van der Waals surface area contributed by atoms with Crippen molar-refractivity contribution in [1.29, 1.82) is 0 Å². The lowest BCUT2D eigenvalue weighted by molar-refractivity contribution is -0.166. The predicted molar refractivity (Wildman–Crippen MR) is 113 cm³/mol. The largest absolute Gasteiger partial charge is 0.394 e. The number of rotatable bonds is 4. The topological polar surface area (TPSA) is 90.1 Å². The molecule has 4 aliphatic heterocycles. The minimum atomic E-state index is -0.395. The Kier molecular flexibility index (Phi) is 5.54. The quantitative estimate of drug-likeness (QED) is 0.778. The minimum Gasteiger partial charge on any atom is -0.394 e. The van der Waals surface area contributed by atoms with Gasteiger partial charge in [0.25, 0.3) is 0 Å². The zero-order valence-electron chi connectivity index (χ0n) is 18.6. The standard InChI is InChI=1S/C23H34N4O4/c1-14-19(15(2)31-24-14)12-25-10-16-9-17(11-25)22(27-20(16)6-3-7-21(27)29)23(30)26-8-4-5-18(26)13-28/h16-18,20,22,28H,3-13H2,1-2H3/t16-,17+,18-,20-,22+/m0/s1. The van der Waals surface area contributed by atoms with Gasteiger partial charge in [-0.3, -0.25) is 14.5 Å². The van der Waals surface area contributed by atoms with Gasteiger partial charge >= 0.3 is 0 Å². The second-order valence-electron chi connectivity index (χ2n) is 9.97. The Bertz CT molecular complexity index is 835. The van der Waals surface area contributed by atoms with Crippen LogP contribution in [0.3, 0.4) is 0 Å². The Morgan fingerprint density at radius 3 is 2.74 bits per heavy atom. The molecule has 0 spiro atoms. The van der Waals surface area contributed by atoms with Crippen LogP contribution in [0.1, 0.15) is 55.5 Å². The number of aromatic nitrogens is 1. The first kappa shape index (κ1) is 20.9. The van der Waals surface area contributed by atoms with Gasteiger partial charge in [0.2, 0.25) is 11.8 Å². The van der Waals surface area contributed by atoms with Gasteiger partial charge in [-0.2, -0.15) is 0 Å². The molecule has 170 valence electrons. The molecule has 31 heavy (non-hydrogen) atoms. The molecule has 0 aromatic carbocycles. The third-order valence-corrected chi connectivity index (χ3v) is 8.10. The van der Waals surface area contributed by atoms with E-state index in [-0.39, 0.29) is 36.4 Å². The van der Waals surface area contributed by atoms with Gasteiger partial charge in [-0.15, -0.1) is 0 Å². The van der Waals surface area contributed by atoms with Crippen molar-refractivity contribution in [2.45, 2.75) is 77.0 Å². The van der Waals surface area contributed by atoms with Crippen LogP contribution in [0.4, 0.5) is 0 Å². The van der Waals surface area contributed by atoms with E-state index >= 15 is 0 Å². The molecule has 5 heterocycles. The van der Waals surface area contributed by atoms with Crippen molar-refractivity contribution in [2.24, 2.45) is 11.8 Å². The van der Waals surface area contributed by atoms with Gasteiger partial charge < -0.3 is 19.4 Å². The second kappa shape index (κ2) is 8.20. The van der Waals surface area contributed by atoms with E-state index in [0.29, 0.717) is 18.9 Å². The number of amides is 2.